The molecule has 0 atom stereocenters. The minimum absolute atomic E-state index is 0.296. The van der Waals surface area contributed by atoms with E-state index >= 15 is 0 Å². The van der Waals surface area contributed by atoms with Crippen molar-refractivity contribution in [2.24, 2.45) is 0 Å². The Morgan fingerprint density at radius 2 is 1.50 bits per heavy atom. The molecule has 4 nitrogen and oxygen atoms in total. The van der Waals surface area contributed by atoms with Gasteiger partial charge in [-0.15, -0.1) is 6.58 Å². The van der Waals surface area contributed by atoms with Gasteiger partial charge in [-0.1, -0.05) is 18.7 Å². The lowest BCUT2D eigenvalue weighted by atomic mass is 10.3. The van der Waals surface area contributed by atoms with Gasteiger partial charge >= 0.3 is 11.9 Å². The monoisotopic (exact) mass is 191 g/mol. The number of aliphatic carboxylic acids is 2. The summed E-state index contributed by atoms with van der Waals surface area (Å²) in [5.41, 5.74) is 0. The standard InChI is InChI=1S/C4H6O4.C3H5S/c5-3(6)1-2-4(7)8;1-2-3-4/h1-2H2,(H,5,6)(H,7,8);2H,1,3H2. The van der Waals surface area contributed by atoms with Gasteiger partial charge in [0.2, 0.25) is 0 Å². The molecule has 69 valence electrons. The molecule has 0 saturated carbocycles. The first-order chi connectivity index (χ1) is 5.54. The van der Waals surface area contributed by atoms with E-state index in [1.165, 1.54) is 0 Å². The molecule has 5 heteroatoms. The van der Waals surface area contributed by atoms with Crippen molar-refractivity contribution in [3.63, 3.8) is 0 Å². The summed E-state index contributed by atoms with van der Waals surface area (Å²) in [6, 6.07) is 0. The molecule has 0 aliphatic carbocycles. The van der Waals surface area contributed by atoms with E-state index < -0.39 is 11.9 Å². The lowest BCUT2D eigenvalue weighted by Crippen LogP contribution is -2.00. The van der Waals surface area contributed by atoms with E-state index in [1.54, 1.807) is 6.08 Å². The van der Waals surface area contributed by atoms with Gasteiger partial charge in [0.05, 0.1) is 12.8 Å². The first-order valence-corrected chi connectivity index (χ1v) is 3.75. The van der Waals surface area contributed by atoms with Crippen LogP contribution in [0.4, 0.5) is 0 Å². The maximum absolute atomic E-state index is 9.64. The zero-order valence-corrected chi connectivity index (χ0v) is 7.34. The number of hydrogen-bond acceptors (Lipinski definition) is 2. The van der Waals surface area contributed by atoms with E-state index in [0.717, 1.165) is 0 Å². The predicted molar refractivity (Wildman–Crippen MR) is 47.2 cm³/mol. The van der Waals surface area contributed by atoms with Gasteiger partial charge in [-0.05, 0) is 0 Å². The molecule has 0 bridgehead atoms. The summed E-state index contributed by atoms with van der Waals surface area (Å²) < 4.78 is 0. The highest BCUT2D eigenvalue weighted by Crippen LogP contribution is 1.86. The average molecular weight is 191 g/mol. The van der Waals surface area contributed by atoms with Crippen molar-refractivity contribution in [1.29, 1.82) is 0 Å². The predicted octanol–water partition coefficient (Wildman–Crippen LogP) is 1.31. The zero-order chi connectivity index (χ0) is 9.98. The highest BCUT2D eigenvalue weighted by molar-refractivity contribution is 7.80. The fourth-order valence-corrected chi connectivity index (χ4v) is 0.214. The smallest absolute Gasteiger partial charge is 0.303 e. The van der Waals surface area contributed by atoms with E-state index in [-0.39, 0.29) is 12.8 Å². The van der Waals surface area contributed by atoms with Gasteiger partial charge in [-0.25, -0.2) is 0 Å². The number of hydrogen-bond donors (Lipinski definition) is 2. The highest BCUT2D eigenvalue weighted by atomic mass is 32.1. The van der Waals surface area contributed by atoms with Crippen LogP contribution in [-0.4, -0.2) is 27.9 Å². The molecule has 0 aliphatic rings. The highest BCUT2D eigenvalue weighted by Gasteiger charge is 2.00. The van der Waals surface area contributed by atoms with E-state index in [4.69, 9.17) is 10.2 Å². The number of carboxylic acid groups (broad SMARTS) is 2. The van der Waals surface area contributed by atoms with Gasteiger partial charge < -0.3 is 10.2 Å². The van der Waals surface area contributed by atoms with Gasteiger partial charge in [0, 0.05) is 5.75 Å². The van der Waals surface area contributed by atoms with Crippen molar-refractivity contribution in [1.82, 2.24) is 0 Å². The van der Waals surface area contributed by atoms with Crippen LogP contribution in [0.1, 0.15) is 12.8 Å². The van der Waals surface area contributed by atoms with Crippen LogP contribution >= 0.6 is 12.6 Å². The summed E-state index contributed by atoms with van der Waals surface area (Å²) in [5.74, 6) is -1.49. The average Bonchev–Trinajstić information content (AvgIpc) is 2.01. The molecule has 0 spiro atoms. The Balaban J connectivity index is 0. The fourth-order valence-electron chi connectivity index (χ4n) is 0.214. The molecule has 0 saturated heterocycles. The molecule has 0 aromatic carbocycles. The molecule has 0 amide bonds. The molecule has 0 unspecified atom stereocenters. The number of carboxylic acids is 2. The molecule has 0 aromatic heterocycles. The molecule has 0 aliphatic heterocycles. The van der Waals surface area contributed by atoms with Crippen molar-refractivity contribution >= 4 is 24.6 Å². The van der Waals surface area contributed by atoms with Crippen LogP contribution in [0.15, 0.2) is 12.7 Å². The van der Waals surface area contributed by atoms with Gasteiger partial charge in [-0.2, -0.15) is 0 Å². The van der Waals surface area contributed by atoms with Gasteiger partial charge in [-0.3, -0.25) is 9.59 Å². The SMILES string of the molecule is C=CC[S].O=C(O)CCC(=O)O. The molecule has 12 heavy (non-hydrogen) atoms. The van der Waals surface area contributed by atoms with Crippen LogP contribution in [0.25, 0.3) is 0 Å². The van der Waals surface area contributed by atoms with Crippen LogP contribution < -0.4 is 0 Å². The van der Waals surface area contributed by atoms with E-state index in [1.807, 2.05) is 0 Å². The Hall–Kier alpha value is -0.970. The third kappa shape index (κ3) is 23.0. The molecule has 1 radical (unpaired) electrons. The maximum Gasteiger partial charge on any atom is 0.303 e. The minimum Gasteiger partial charge on any atom is -0.481 e. The third-order valence-corrected chi connectivity index (χ3v) is 0.906. The first-order valence-electron chi connectivity index (χ1n) is 3.17. The van der Waals surface area contributed by atoms with E-state index in [0.29, 0.717) is 5.75 Å². The van der Waals surface area contributed by atoms with Crippen LogP contribution in [0.3, 0.4) is 0 Å². The quantitative estimate of drug-likeness (QED) is 0.657. The van der Waals surface area contributed by atoms with Crippen molar-refractivity contribution in [2.45, 2.75) is 12.8 Å². The first kappa shape index (κ1) is 13.6. The van der Waals surface area contributed by atoms with E-state index in [2.05, 4.69) is 19.2 Å². The summed E-state index contributed by atoms with van der Waals surface area (Å²) >= 11 is 4.44. The molecule has 0 aromatic rings. The molecular formula is C7H11O4S. The molecule has 2 N–H and O–H groups in total. The maximum atomic E-state index is 9.64. The third-order valence-electron chi connectivity index (χ3n) is 0.671. The molecular weight excluding hydrogens is 180 g/mol. The summed E-state index contributed by atoms with van der Waals surface area (Å²) in [6.45, 7) is 3.38. The van der Waals surface area contributed by atoms with E-state index in [9.17, 15) is 9.59 Å². The van der Waals surface area contributed by atoms with Crippen molar-refractivity contribution in [2.75, 3.05) is 5.75 Å². The van der Waals surface area contributed by atoms with Gasteiger partial charge in [0.1, 0.15) is 0 Å². The summed E-state index contributed by atoms with van der Waals surface area (Å²) in [4.78, 5) is 19.3. The van der Waals surface area contributed by atoms with Crippen molar-refractivity contribution in [3.8, 4) is 0 Å². The number of carbonyl (C=O) groups is 2. The van der Waals surface area contributed by atoms with Crippen molar-refractivity contribution < 1.29 is 19.8 Å². The fraction of sp³-hybridized carbons (Fsp3) is 0.429. The van der Waals surface area contributed by atoms with Crippen molar-refractivity contribution in [3.05, 3.63) is 12.7 Å². The number of rotatable bonds is 4. The van der Waals surface area contributed by atoms with Crippen LogP contribution in [0, 0.1) is 0 Å². The second-order valence-corrected chi connectivity index (χ2v) is 2.08. The topological polar surface area (TPSA) is 74.6 Å². The lowest BCUT2D eigenvalue weighted by Gasteiger charge is -1.85. The Bertz CT molecular complexity index is 141. The Kier molecular flexibility index (Phi) is 11.4. The zero-order valence-electron chi connectivity index (χ0n) is 6.52. The lowest BCUT2D eigenvalue weighted by molar-refractivity contribution is -0.143. The minimum atomic E-state index is -1.08. The summed E-state index contributed by atoms with van der Waals surface area (Å²) in [5, 5.41) is 15.8. The second kappa shape index (κ2) is 10.0. The normalized spacial score (nSPS) is 7.75. The second-order valence-electron chi connectivity index (χ2n) is 1.74. The Morgan fingerprint density at radius 3 is 1.58 bits per heavy atom. The largest absolute Gasteiger partial charge is 0.481 e. The molecule has 0 fully saturated rings. The van der Waals surface area contributed by atoms with Gasteiger partial charge in [0.25, 0.3) is 0 Å². The molecule has 0 rings (SSSR count). The van der Waals surface area contributed by atoms with Crippen LogP contribution in [-0.2, 0) is 9.59 Å². The van der Waals surface area contributed by atoms with Gasteiger partial charge in [0.15, 0.2) is 0 Å². The Labute approximate surface area is 76.3 Å². The summed E-state index contributed by atoms with van der Waals surface area (Å²) in [7, 11) is 0. The van der Waals surface area contributed by atoms with Crippen LogP contribution in [0.5, 0.6) is 0 Å². The molecule has 0 heterocycles. The Morgan fingerprint density at radius 1 is 1.25 bits per heavy atom. The van der Waals surface area contributed by atoms with Crippen LogP contribution in [0.2, 0.25) is 0 Å². The summed E-state index contributed by atoms with van der Waals surface area (Å²) in [6.07, 6.45) is 1.10.